The van der Waals surface area contributed by atoms with Crippen LogP contribution in [0.1, 0.15) is 13.8 Å². The molecule has 0 aliphatic heterocycles. The quantitative estimate of drug-likeness (QED) is 0.440. The summed E-state index contributed by atoms with van der Waals surface area (Å²) in [5.41, 5.74) is 13.0. The molecule has 0 aliphatic rings. The molecule has 0 atom stereocenters. The zero-order valence-electron chi connectivity index (χ0n) is 15.3. The Labute approximate surface area is 154 Å². The van der Waals surface area contributed by atoms with Crippen LogP contribution in [-0.2, 0) is 6.54 Å². The molecule has 0 bridgehead atoms. The van der Waals surface area contributed by atoms with Crippen LogP contribution in [-0.4, -0.2) is 4.57 Å². The van der Waals surface area contributed by atoms with Crippen LogP contribution in [0.15, 0.2) is 79.0 Å². The first-order chi connectivity index (χ1) is 12.6. The van der Waals surface area contributed by atoms with Gasteiger partial charge in [-0.25, -0.2) is 0 Å². The summed E-state index contributed by atoms with van der Waals surface area (Å²) in [4.78, 5) is 0. The summed E-state index contributed by atoms with van der Waals surface area (Å²) in [6, 6.07) is 25.5. The standard InChI is InChI=1S/C24H24N2/c1-17(2)15-26-16-23(20-9-6-10-21(25)13-20)22-12-11-19(14-24(22)26)18-7-4-3-5-8-18/h3-14,16-17H,15,25H2,1-2H3. The molecule has 2 N–H and O–H groups in total. The minimum atomic E-state index is 0.583. The lowest BCUT2D eigenvalue weighted by molar-refractivity contribution is 0.535. The van der Waals surface area contributed by atoms with Crippen molar-refractivity contribution in [2.24, 2.45) is 5.92 Å². The molecule has 0 saturated heterocycles. The molecule has 4 aromatic rings. The number of nitrogens with zero attached hydrogens (tertiary/aromatic N) is 1. The number of benzene rings is 3. The largest absolute Gasteiger partial charge is 0.399 e. The van der Waals surface area contributed by atoms with Crippen molar-refractivity contribution in [1.29, 1.82) is 0 Å². The molecule has 2 nitrogen and oxygen atoms in total. The van der Waals surface area contributed by atoms with Crippen LogP contribution in [0.2, 0.25) is 0 Å². The van der Waals surface area contributed by atoms with E-state index in [1.54, 1.807) is 0 Å². The second-order valence-electron chi connectivity index (χ2n) is 7.31. The molecule has 0 aliphatic carbocycles. The highest BCUT2D eigenvalue weighted by Crippen LogP contribution is 2.34. The maximum absolute atomic E-state index is 6.02. The molecule has 0 amide bonds. The molecule has 1 aromatic heterocycles. The van der Waals surface area contributed by atoms with Crippen LogP contribution < -0.4 is 5.73 Å². The molecule has 3 aromatic carbocycles. The predicted molar refractivity (Wildman–Crippen MR) is 112 cm³/mol. The monoisotopic (exact) mass is 340 g/mol. The van der Waals surface area contributed by atoms with E-state index in [0.29, 0.717) is 5.92 Å². The van der Waals surface area contributed by atoms with Crippen LogP contribution in [0.4, 0.5) is 5.69 Å². The molecule has 0 unspecified atom stereocenters. The van der Waals surface area contributed by atoms with Crippen molar-refractivity contribution in [1.82, 2.24) is 4.57 Å². The highest BCUT2D eigenvalue weighted by Gasteiger charge is 2.12. The second kappa shape index (κ2) is 6.72. The fraction of sp³-hybridized carbons (Fsp3) is 0.167. The first-order valence-electron chi connectivity index (χ1n) is 9.16. The van der Waals surface area contributed by atoms with Gasteiger partial charge in [-0.15, -0.1) is 0 Å². The van der Waals surface area contributed by atoms with Crippen molar-refractivity contribution in [3.63, 3.8) is 0 Å². The summed E-state index contributed by atoms with van der Waals surface area (Å²) in [5, 5.41) is 1.27. The average Bonchev–Trinajstić information content (AvgIpc) is 3.00. The number of aromatic nitrogens is 1. The summed E-state index contributed by atoms with van der Waals surface area (Å²) in [6.07, 6.45) is 2.27. The Kier molecular flexibility index (Phi) is 4.26. The molecule has 0 fully saturated rings. The zero-order chi connectivity index (χ0) is 18.1. The van der Waals surface area contributed by atoms with E-state index in [2.05, 4.69) is 85.3 Å². The van der Waals surface area contributed by atoms with Gasteiger partial charge in [0.2, 0.25) is 0 Å². The summed E-state index contributed by atoms with van der Waals surface area (Å²) in [5.74, 6) is 0.583. The Morgan fingerprint density at radius 2 is 1.58 bits per heavy atom. The van der Waals surface area contributed by atoms with Crippen molar-refractivity contribution in [3.8, 4) is 22.3 Å². The van der Waals surface area contributed by atoms with E-state index >= 15 is 0 Å². The average molecular weight is 340 g/mol. The lowest BCUT2D eigenvalue weighted by Crippen LogP contribution is -2.02. The number of hydrogen-bond acceptors (Lipinski definition) is 1. The number of rotatable bonds is 4. The molecule has 4 rings (SSSR count). The molecule has 1 heterocycles. The van der Waals surface area contributed by atoms with Crippen molar-refractivity contribution in [3.05, 3.63) is 79.0 Å². The normalized spacial score (nSPS) is 11.3. The van der Waals surface area contributed by atoms with E-state index in [-0.39, 0.29) is 0 Å². The van der Waals surface area contributed by atoms with Gasteiger partial charge in [0.15, 0.2) is 0 Å². The summed E-state index contributed by atoms with van der Waals surface area (Å²) >= 11 is 0. The van der Waals surface area contributed by atoms with Crippen LogP contribution in [0.3, 0.4) is 0 Å². The Balaban J connectivity index is 1.92. The predicted octanol–water partition coefficient (Wildman–Crippen LogP) is 6.21. The van der Waals surface area contributed by atoms with Gasteiger partial charge in [0.1, 0.15) is 0 Å². The number of fused-ring (bicyclic) bond motifs is 1. The maximum atomic E-state index is 6.02. The molecule has 26 heavy (non-hydrogen) atoms. The van der Waals surface area contributed by atoms with Crippen LogP contribution in [0.25, 0.3) is 33.2 Å². The van der Waals surface area contributed by atoms with E-state index < -0.39 is 0 Å². The van der Waals surface area contributed by atoms with E-state index in [1.807, 2.05) is 12.1 Å². The third-order valence-corrected chi connectivity index (χ3v) is 4.75. The lowest BCUT2D eigenvalue weighted by Gasteiger charge is -2.09. The van der Waals surface area contributed by atoms with Gasteiger partial charge >= 0.3 is 0 Å². The number of anilines is 1. The van der Waals surface area contributed by atoms with Gasteiger partial charge in [-0.3, -0.25) is 0 Å². The Bertz CT molecular complexity index is 1040. The first kappa shape index (κ1) is 16.5. The Morgan fingerprint density at radius 1 is 0.808 bits per heavy atom. The van der Waals surface area contributed by atoms with Gasteiger partial charge < -0.3 is 10.3 Å². The van der Waals surface area contributed by atoms with E-state index in [1.165, 1.54) is 33.2 Å². The summed E-state index contributed by atoms with van der Waals surface area (Å²) < 4.78 is 2.38. The highest BCUT2D eigenvalue weighted by atomic mass is 15.0. The van der Waals surface area contributed by atoms with Gasteiger partial charge in [-0.2, -0.15) is 0 Å². The topological polar surface area (TPSA) is 30.9 Å². The molecule has 130 valence electrons. The Morgan fingerprint density at radius 3 is 2.31 bits per heavy atom. The van der Waals surface area contributed by atoms with Crippen LogP contribution >= 0.6 is 0 Å². The van der Waals surface area contributed by atoms with E-state index in [0.717, 1.165) is 12.2 Å². The van der Waals surface area contributed by atoms with Crippen molar-refractivity contribution < 1.29 is 0 Å². The van der Waals surface area contributed by atoms with Crippen molar-refractivity contribution in [2.45, 2.75) is 20.4 Å². The third-order valence-electron chi connectivity index (χ3n) is 4.75. The number of hydrogen-bond donors (Lipinski definition) is 1. The lowest BCUT2D eigenvalue weighted by atomic mass is 10.0. The fourth-order valence-electron chi connectivity index (χ4n) is 3.58. The SMILES string of the molecule is CC(C)Cn1cc(-c2cccc(N)c2)c2ccc(-c3ccccc3)cc21. The molecular formula is C24H24N2. The van der Waals surface area contributed by atoms with E-state index in [9.17, 15) is 0 Å². The van der Waals surface area contributed by atoms with Gasteiger partial charge in [-0.1, -0.05) is 68.4 Å². The first-order valence-corrected chi connectivity index (χ1v) is 9.16. The van der Waals surface area contributed by atoms with Crippen molar-refractivity contribution >= 4 is 16.6 Å². The molecule has 2 heteroatoms. The smallest absolute Gasteiger partial charge is 0.0493 e. The molecular weight excluding hydrogens is 316 g/mol. The van der Waals surface area contributed by atoms with Gasteiger partial charge in [0.05, 0.1) is 0 Å². The highest BCUT2D eigenvalue weighted by molar-refractivity contribution is 5.98. The van der Waals surface area contributed by atoms with Crippen LogP contribution in [0, 0.1) is 5.92 Å². The zero-order valence-corrected chi connectivity index (χ0v) is 15.3. The van der Waals surface area contributed by atoms with Gasteiger partial charge in [0.25, 0.3) is 0 Å². The summed E-state index contributed by atoms with van der Waals surface area (Å²) in [6.45, 7) is 5.51. The van der Waals surface area contributed by atoms with Gasteiger partial charge in [0, 0.05) is 34.9 Å². The summed E-state index contributed by atoms with van der Waals surface area (Å²) in [7, 11) is 0. The third kappa shape index (κ3) is 3.11. The minimum Gasteiger partial charge on any atom is -0.399 e. The Hall–Kier alpha value is -3.00. The number of nitrogen functional groups attached to an aromatic ring is 1. The number of nitrogens with two attached hydrogens (primary N) is 1. The molecule has 0 saturated carbocycles. The fourth-order valence-corrected chi connectivity index (χ4v) is 3.58. The molecule has 0 spiro atoms. The molecule has 0 radical (unpaired) electrons. The van der Waals surface area contributed by atoms with E-state index in [4.69, 9.17) is 5.73 Å². The van der Waals surface area contributed by atoms with Crippen LogP contribution in [0.5, 0.6) is 0 Å². The second-order valence-corrected chi connectivity index (χ2v) is 7.31. The van der Waals surface area contributed by atoms with Crippen molar-refractivity contribution in [2.75, 3.05) is 5.73 Å². The van der Waals surface area contributed by atoms with Gasteiger partial charge in [-0.05, 0) is 40.8 Å². The minimum absolute atomic E-state index is 0.583. The maximum Gasteiger partial charge on any atom is 0.0493 e.